The molecule has 2 aromatic rings. The summed E-state index contributed by atoms with van der Waals surface area (Å²) in [6.45, 7) is 1.41. The number of piperidine rings is 1. The molecule has 0 spiro atoms. The number of anilines is 1. The van der Waals surface area contributed by atoms with Gasteiger partial charge >= 0.3 is 0 Å². The van der Waals surface area contributed by atoms with E-state index >= 15 is 0 Å². The monoisotopic (exact) mass is 409 g/mol. The van der Waals surface area contributed by atoms with Gasteiger partial charge in [0.2, 0.25) is 17.7 Å². The number of carbonyl (C=O) groups excluding carboxylic acids is 3. The molecule has 2 fully saturated rings. The standard InChI is InChI=1S/C23H27N3O4/c27-21(24-19-5-2-1-3-6-19)16-26(15-20-7-4-14-30-20)23(29)18-10-12-25(13-11-18)22(28)17-8-9-17/h1-7,14,17-18H,8-13,15-16H2,(H,24,27). The summed E-state index contributed by atoms with van der Waals surface area (Å²) < 4.78 is 5.40. The zero-order valence-corrected chi connectivity index (χ0v) is 17.0. The van der Waals surface area contributed by atoms with E-state index in [1.54, 1.807) is 23.3 Å². The normalized spacial score (nSPS) is 16.9. The van der Waals surface area contributed by atoms with Gasteiger partial charge in [0.1, 0.15) is 12.3 Å². The number of nitrogens with one attached hydrogen (secondary N) is 1. The Kier molecular flexibility index (Phi) is 6.16. The number of para-hydroxylation sites is 1. The highest BCUT2D eigenvalue weighted by molar-refractivity contribution is 5.94. The molecule has 0 bridgehead atoms. The molecule has 1 N–H and O–H groups in total. The number of nitrogens with zero attached hydrogens (tertiary/aromatic N) is 2. The maximum atomic E-state index is 13.2. The maximum Gasteiger partial charge on any atom is 0.244 e. The van der Waals surface area contributed by atoms with Crippen LogP contribution in [0, 0.1) is 11.8 Å². The van der Waals surface area contributed by atoms with Crippen molar-refractivity contribution in [3.05, 3.63) is 54.5 Å². The van der Waals surface area contributed by atoms with Gasteiger partial charge < -0.3 is 19.5 Å². The van der Waals surface area contributed by atoms with Crippen LogP contribution in [-0.2, 0) is 20.9 Å². The molecule has 1 aromatic carbocycles. The number of hydrogen-bond acceptors (Lipinski definition) is 4. The molecule has 1 saturated carbocycles. The Hall–Kier alpha value is -3.09. The van der Waals surface area contributed by atoms with Crippen molar-refractivity contribution in [2.24, 2.45) is 11.8 Å². The lowest BCUT2D eigenvalue weighted by atomic mass is 9.94. The molecule has 1 saturated heterocycles. The van der Waals surface area contributed by atoms with Crippen molar-refractivity contribution in [2.45, 2.75) is 32.2 Å². The van der Waals surface area contributed by atoms with Crippen LogP contribution in [0.4, 0.5) is 5.69 Å². The van der Waals surface area contributed by atoms with Gasteiger partial charge in [-0.2, -0.15) is 0 Å². The van der Waals surface area contributed by atoms with Crippen LogP contribution in [0.1, 0.15) is 31.4 Å². The van der Waals surface area contributed by atoms with Gasteiger partial charge in [-0.25, -0.2) is 0 Å². The molecule has 0 radical (unpaired) electrons. The molecule has 0 unspecified atom stereocenters. The predicted molar refractivity (Wildman–Crippen MR) is 111 cm³/mol. The van der Waals surface area contributed by atoms with Gasteiger partial charge in [0.05, 0.1) is 12.8 Å². The Balaban J connectivity index is 1.38. The highest BCUT2D eigenvalue weighted by Gasteiger charge is 2.37. The van der Waals surface area contributed by atoms with E-state index in [1.807, 2.05) is 35.2 Å². The SMILES string of the molecule is O=C(CN(Cc1ccco1)C(=O)C1CCN(C(=O)C2CC2)CC1)Nc1ccccc1. The van der Waals surface area contributed by atoms with Crippen LogP contribution in [0.15, 0.2) is 53.1 Å². The van der Waals surface area contributed by atoms with Gasteiger partial charge in [0, 0.05) is 30.6 Å². The average molecular weight is 409 g/mol. The van der Waals surface area contributed by atoms with E-state index in [4.69, 9.17) is 4.42 Å². The number of furan rings is 1. The van der Waals surface area contributed by atoms with E-state index in [1.165, 1.54) is 0 Å². The summed E-state index contributed by atoms with van der Waals surface area (Å²) >= 11 is 0. The fourth-order valence-corrected chi connectivity index (χ4v) is 3.89. The summed E-state index contributed by atoms with van der Waals surface area (Å²) in [7, 11) is 0. The lowest BCUT2D eigenvalue weighted by Gasteiger charge is -2.34. The highest BCUT2D eigenvalue weighted by atomic mass is 16.3. The Morgan fingerprint density at radius 2 is 1.70 bits per heavy atom. The van der Waals surface area contributed by atoms with Crippen LogP contribution in [0.25, 0.3) is 0 Å². The summed E-state index contributed by atoms with van der Waals surface area (Å²) in [6.07, 6.45) is 4.80. The van der Waals surface area contributed by atoms with Crippen molar-refractivity contribution < 1.29 is 18.8 Å². The molecule has 1 aliphatic heterocycles. The summed E-state index contributed by atoms with van der Waals surface area (Å²) in [5, 5.41) is 2.83. The molecule has 3 amide bonds. The van der Waals surface area contributed by atoms with E-state index in [-0.39, 0.29) is 42.6 Å². The van der Waals surface area contributed by atoms with Crippen LogP contribution in [0.2, 0.25) is 0 Å². The average Bonchev–Trinajstić information content (AvgIpc) is 3.49. The molecule has 0 atom stereocenters. The molecule has 1 aromatic heterocycles. The summed E-state index contributed by atoms with van der Waals surface area (Å²) in [5.74, 6) is 0.575. The number of rotatable bonds is 7. The fourth-order valence-electron chi connectivity index (χ4n) is 3.89. The largest absolute Gasteiger partial charge is 0.467 e. The van der Waals surface area contributed by atoms with Gasteiger partial charge in [0.15, 0.2) is 0 Å². The van der Waals surface area contributed by atoms with Crippen LogP contribution in [-0.4, -0.2) is 47.2 Å². The van der Waals surface area contributed by atoms with Crippen LogP contribution >= 0.6 is 0 Å². The molecule has 4 rings (SSSR count). The van der Waals surface area contributed by atoms with Gasteiger partial charge in [-0.1, -0.05) is 18.2 Å². The van der Waals surface area contributed by atoms with Crippen molar-refractivity contribution >= 4 is 23.4 Å². The van der Waals surface area contributed by atoms with Gasteiger partial charge in [0.25, 0.3) is 0 Å². The first kappa shape index (κ1) is 20.2. The molecule has 7 nitrogen and oxygen atoms in total. The third-order valence-corrected chi connectivity index (χ3v) is 5.71. The first-order valence-electron chi connectivity index (χ1n) is 10.5. The Morgan fingerprint density at radius 3 is 2.33 bits per heavy atom. The number of amides is 3. The van der Waals surface area contributed by atoms with Crippen molar-refractivity contribution in [1.82, 2.24) is 9.80 Å². The second-order valence-electron chi connectivity index (χ2n) is 8.06. The Morgan fingerprint density at radius 1 is 0.967 bits per heavy atom. The molecule has 2 heterocycles. The number of hydrogen-bond donors (Lipinski definition) is 1. The van der Waals surface area contributed by atoms with Gasteiger partial charge in [-0.3, -0.25) is 14.4 Å². The second-order valence-corrected chi connectivity index (χ2v) is 8.06. The van der Waals surface area contributed by atoms with Crippen molar-refractivity contribution in [2.75, 3.05) is 25.0 Å². The van der Waals surface area contributed by atoms with E-state index in [0.29, 0.717) is 37.4 Å². The quantitative estimate of drug-likeness (QED) is 0.762. The Labute approximate surface area is 176 Å². The second kappa shape index (κ2) is 9.15. The van der Waals surface area contributed by atoms with Crippen LogP contribution < -0.4 is 5.32 Å². The van der Waals surface area contributed by atoms with Gasteiger partial charge in [-0.05, 0) is 49.9 Å². The lowest BCUT2D eigenvalue weighted by molar-refractivity contribution is -0.143. The third-order valence-electron chi connectivity index (χ3n) is 5.71. The lowest BCUT2D eigenvalue weighted by Crippen LogP contribution is -2.46. The summed E-state index contributed by atoms with van der Waals surface area (Å²) in [4.78, 5) is 41.5. The topological polar surface area (TPSA) is 82.9 Å². The Bertz CT molecular complexity index is 869. The van der Waals surface area contributed by atoms with Crippen molar-refractivity contribution in [3.63, 3.8) is 0 Å². The number of likely N-dealkylation sites (tertiary alicyclic amines) is 1. The first-order chi connectivity index (χ1) is 14.6. The maximum absolute atomic E-state index is 13.2. The third kappa shape index (κ3) is 5.09. The minimum atomic E-state index is -0.248. The summed E-state index contributed by atoms with van der Waals surface area (Å²) in [5.41, 5.74) is 0.694. The molecule has 1 aliphatic carbocycles. The number of benzene rings is 1. The molecule has 2 aliphatic rings. The zero-order valence-electron chi connectivity index (χ0n) is 17.0. The van der Waals surface area contributed by atoms with E-state index in [9.17, 15) is 14.4 Å². The molecule has 158 valence electrons. The zero-order chi connectivity index (χ0) is 20.9. The van der Waals surface area contributed by atoms with E-state index in [2.05, 4.69) is 5.32 Å². The summed E-state index contributed by atoms with van der Waals surface area (Å²) in [6, 6.07) is 12.8. The first-order valence-corrected chi connectivity index (χ1v) is 10.5. The molecular weight excluding hydrogens is 382 g/mol. The fraction of sp³-hybridized carbons (Fsp3) is 0.435. The van der Waals surface area contributed by atoms with E-state index < -0.39 is 0 Å². The molecule has 30 heavy (non-hydrogen) atoms. The molecule has 7 heteroatoms. The van der Waals surface area contributed by atoms with Crippen LogP contribution in [0.5, 0.6) is 0 Å². The van der Waals surface area contributed by atoms with Crippen LogP contribution in [0.3, 0.4) is 0 Å². The predicted octanol–water partition coefficient (Wildman–Crippen LogP) is 2.90. The van der Waals surface area contributed by atoms with Crippen molar-refractivity contribution in [1.29, 1.82) is 0 Å². The minimum Gasteiger partial charge on any atom is -0.467 e. The van der Waals surface area contributed by atoms with E-state index in [0.717, 1.165) is 12.8 Å². The molecular formula is C23H27N3O4. The highest BCUT2D eigenvalue weighted by Crippen LogP contribution is 2.32. The number of carbonyl (C=O) groups is 3. The minimum absolute atomic E-state index is 0.0460. The van der Waals surface area contributed by atoms with Crippen molar-refractivity contribution in [3.8, 4) is 0 Å². The smallest absolute Gasteiger partial charge is 0.244 e. The van der Waals surface area contributed by atoms with Gasteiger partial charge in [-0.15, -0.1) is 0 Å².